The maximum Gasteiger partial charge on any atom is 0.451 e. The fourth-order valence-electron chi connectivity index (χ4n) is 4.14. The van der Waals surface area contributed by atoms with Crippen molar-refractivity contribution in [3.63, 3.8) is 0 Å². The Hall–Kier alpha value is -1.26. The first-order chi connectivity index (χ1) is 12.0. The van der Waals surface area contributed by atoms with E-state index in [-0.39, 0.29) is 17.4 Å². The average Bonchev–Trinajstić information content (AvgIpc) is 2.54. The first kappa shape index (κ1) is 19.5. The average molecular weight is 386 g/mol. The van der Waals surface area contributed by atoms with Gasteiger partial charge in [0.1, 0.15) is 18.6 Å². The number of hydrogen-bond donors (Lipinski definition) is 1. The number of benzene rings is 1. The van der Waals surface area contributed by atoms with Crippen LogP contribution < -0.4 is 10.5 Å². The molecule has 1 atom stereocenters. The van der Waals surface area contributed by atoms with Gasteiger partial charge in [-0.25, -0.2) is 4.79 Å². The summed E-state index contributed by atoms with van der Waals surface area (Å²) in [5.41, 5.74) is 6.25. The molecule has 0 radical (unpaired) electrons. The highest BCUT2D eigenvalue weighted by Crippen LogP contribution is 2.72. The van der Waals surface area contributed by atoms with Crippen molar-refractivity contribution >= 4 is 13.0 Å². The third-order valence-corrected chi connectivity index (χ3v) is 9.62. The molecule has 0 aromatic heterocycles. The fourth-order valence-corrected chi connectivity index (χ4v) is 8.66. The number of halogens is 2. The third kappa shape index (κ3) is 3.72. The summed E-state index contributed by atoms with van der Waals surface area (Å²) < 4.78 is 36.1. The maximum atomic E-state index is 13.0. The second-order valence-corrected chi connectivity index (χ2v) is 12.4. The first-order valence-corrected chi connectivity index (χ1v) is 11.3. The van der Waals surface area contributed by atoms with Gasteiger partial charge in [-0.2, -0.15) is 8.78 Å². The van der Waals surface area contributed by atoms with Gasteiger partial charge in [0.25, 0.3) is 0 Å². The predicted octanol–water partition coefficient (Wildman–Crippen LogP) is 4.83. The van der Waals surface area contributed by atoms with E-state index in [1.165, 1.54) is 0 Å². The zero-order chi connectivity index (χ0) is 19.2. The van der Waals surface area contributed by atoms with Crippen LogP contribution in [0.3, 0.4) is 0 Å². The van der Waals surface area contributed by atoms with E-state index in [4.69, 9.17) is 15.2 Å². The minimum absolute atomic E-state index is 0.0935. The summed E-state index contributed by atoms with van der Waals surface area (Å²) in [6, 6.07) is 6.82. The third-order valence-electron chi connectivity index (χ3n) is 5.53. The van der Waals surface area contributed by atoms with Crippen LogP contribution in [0.4, 0.5) is 13.6 Å². The van der Waals surface area contributed by atoms with Gasteiger partial charge >= 0.3 is 12.3 Å². The molecular formula is C19H27F2NO3P+. The highest BCUT2D eigenvalue weighted by atomic mass is 31.2. The van der Waals surface area contributed by atoms with Gasteiger partial charge in [-0.1, -0.05) is 18.2 Å². The van der Waals surface area contributed by atoms with Crippen molar-refractivity contribution < 1.29 is 23.0 Å². The molecule has 1 aromatic rings. The number of alkyl halides is 2. The van der Waals surface area contributed by atoms with Crippen LogP contribution in [0.5, 0.6) is 5.75 Å². The normalized spacial score (nSPS) is 31.1. The molecule has 3 heterocycles. The van der Waals surface area contributed by atoms with E-state index >= 15 is 0 Å². The molecule has 0 aliphatic carbocycles. The van der Waals surface area contributed by atoms with Crippen molar-refractivity contribution in [2.75, 3.05) is 18.5 Å². The lowest BCUT2D eigenvalue weighted by Crippen LogP contribution is -2.57. The molecule has 2 bridgehead atoms. The van der Waals surface area contributed by atoms with Crippen molar-refractivity contribution in [2.45, 2.75) is 57.3 Å². The van der Waals surface area contributed by atoms with Gasteiger partial charge < -0.3 is 15.2 Å². The fraction of sp³-hybridized carbons (Fsp3) is 0.632. The zero-order valence-electron chi connectivity index (χ0n) is 15.5. The molecule has 3 saturated heterocycles. The summed E-state index contributed by atoms with van der Waals surface area (Å²) in [5, 5.41) is 0. The van der Waals surface area contributed by atoms with Crippen LogP contribution in [0.2, 0.25) is 0 Å². The van der Waals surface area contributed by atoms with Crippen molar-refractivity contribution in [3.8, 4) is 5.75 Å². The van der Waals surface area contributed by atoms with Gasteiger partial charge in [-0.15, -0.1) is 0 Å². The molecule has 1 unspecified atom stereocenters. The summed E-state index contributed by atoms with van der Waals surface area (Å²) in [6.07, 6.45) is 3.61. The molecule has 3 fully saturated rings. The smallest absolute Gasteiger partial charge is 0.435 e. The van der Waals surface area contributed by atoms with E-state index in [0.29, 0.717) is 24.6 Å². The Morgan fingerprint density at radius 2 is 1.88 bits per heavy atom. The summed E-state index contributed by atoms with van der Waals surface area (Å²) >= 11 is 0. The van der Waals surface area contributed by atoms with Gasteiger partial charge in [0, 0.05) is 29.9 Å². The standard InChI is InChI=1S/C19H27F2NO3P/c1-18(2,3)25-17(23)26-10-8-19(22,9-11-26)14(12-26)13-6-4-5-7-15(13)24-16(20)21/h4-7,14,16H,8-12,22H2,1-3H3/q+1. The number of nitrogens with two attached hydrogens (primary N) is 1. The molecule has 4 nitrogen and oxygen atoms in total. The van der Waals surface area contributed by atoms with Crippen LogP contribution in [0.15, 0.2) is 24.3 Å². The molecule has 1 aromatic carbocycles. The van der Waals surface area contributed by atoms with E-state index in [1.54, 1.807) is 24.3 Å². The molecule has 26 heavy (non-hydrogen) atoms. The Kier molecular flexibility index (Phi) is 5.04. The Morgan fingerprint density at radius 3 is 2.46 bits per heavy atom. The van der Waals surface area contributed by atoms with E-state index in [1.807, 2.05) is 20.8 Å². The Bertz CT molecular complexity index is 682. The van der Waals surface area contributed by atoms with Gasteiger partial charge in [0.2, 0.25) is 0 Å². The summed E-state index contributed by atoms with van der Waals surface area (Å²) in [4.78, 5) is 13.0. The molecule has 3 aliphatic rings. The highest BCUT2D eigenvalue weighted by molar-refractivity contribution is 7.90. The second kappa shape index (κ2) is 6.72. The minimum Gasteiger partial charge on any atom is -0.435 e. The highest BCUT2D eigenvalue weighted by Gasteiger charge is 2.64. The number of ether oxygens (including phenoxy) is 2. The van der Waals surface area contributed by atoms with Gasteiger partial charge in [-0.05, 0) is 26.8 Å². The van der Waals surface area contributed by atoms with E-state index in [9.17, 15) is 13.6 Å². The van der Waals surface area contributed by atoms with E-state index in [2.05, 4.69) is 0 Å². The lowest BCUT2D eigenvalue weighted by molar-refractivity contribution is -0.0508. The molecule has 3 aliphatic heterocycles. The topological polar surface area (TPSA) is 61.5 Å². The van der Waals surface area contributed by atoms with Crippen LogP contribution in [0.25, 0.3) is 0 Å². The molecule has 144 valence electrons. The second-order valence-electron chi connectivity index (χ2n) is 8.46. The van der Waals surface area contributed by atoms with Gasteiger partial charge in [0.05, 0.1) is 18.5 Å². The predicted molar refractivity (Wildman–Crippen MR) is 99.7 cm³/mol. The van der Waals surface area contributed by atoms with Crippen LogP contribution >= 0.6 is 7.26 Å². The van der Waals surface area contributed by atoms with Gasteiger partial charge in [0.15, 0.2) is 0 Å². The van der Waals surface area contributed by atoms with Crippen molar-refractivity contribution in [1.82, 2.24) is 0 Å². The summed E-state index contributed by atoms with van der Waals surface area (Å²) in [7, 11) is -2.00. The van der Waals surface area contributed by atoms with Crippen LogP contribution in [0, 0.1) is 0 Å². The van der Waals surface area contributed by atoms with Crippen LogP contribution in [-0.4, -0.2) is 41.9 Å². The minimum atomic E-state index is -2.89. The SMILES string of the molecule is CC(C)(C)OC(=O)[P+]12CCC(N)(CC1)C(c1ccccc1OC(F)F)C2. The number of carbonyl (C=O) groups is 1. The zero-order valence-corrected chi connectivity index (χ0v) is 16.4. The number of carbonyl (C=O) groups excluding carboxylic acids is 1. The van der Waals surface area contributed by atoms with Crippen molar-refractivity contribution in [1.29, 1.82) is 0 Å². The lowest BCUT2D eigenvalue weighted by atomic mass is 9.76. The number of fused-ring (bicyclic) bond motifs is 3. The molecule has 7 heteroatoms. The number of para-hydroxylation sites is 1. The van der Waals surface area contributed by atoms with Crippen LogP contribution in [-0.2, 0) is 4.74 Å². The molecule has 0 spiro atoms. The molecular weight excluding hydrogens is 359 g/mol. The first-order valence-electron chi connectivity index (χ1n) is 8.97. The monoisotopic (exact) mass is 386 g/mol. The Labute approximate surface area is 153 Å². The number of hydrogen-bond acceptors (Lipinski definition) is 4. The molecule has 0 saturated carbocycles. The molecule has 4 rings (SSSR count). The van der Waals surface area contributed by atoms with Crippen molar-refractivity contribution in [2.24, 2.45) is 5.73 Å². The Balaban J connectivity index is 1.93. The maximum absolute atomic E-state index is 13.0. The van der Waals surface area contributed by atoms with Crippen molar-refractivity contribution in [3.05, 3.63) is 29.8 Å². The van der Waals surface area contributed by atoms with E-state index < -0.39 is 25.0 Å². The molecule has 2 N–H and O–H groups in total. The Morgan fingerprint density at radius 1 is 1.27 bits per heavy atom. The lowest BCUT2D eigenvalue weighted by Gasteiger charge is -2.50. The van der Waals surface area contributed by atoms with Gasteiger partial charge in [-0.3, -0.25) is 0 Å². The van der Waals surface area contributed by atoms with E-state index in [0.717, 1.165) is 12.3 Å². The summed E-state index contributed by atoms with van der Waals surface area (Å²) in [6.45, 7) is 2.72. The summed E-state index contributed by atoms with van der Waals surface area (Å²) in [5.74, 6) is -0.00536. The largest absolute Gasteiger partial charge is 0.451 e. The number of rotatable bonds is 4. The molecule has 0 amide bonds. The quantitative estimate of drug-likeness (QED) is 0.753. The van der Waals surface area contributed by atoms with Crippen LogP contribution in [0.1, 0.15) is 45.1 Å².